The minimum absolute atomic E-state index is 0.0315. The maximum Gasteiger partial charge on any atom is 0.273 e. The smallest absolute Gasteiger partial charge is 0.273 e. The van der Waals surface area contributed by atoms with Crippen molar-refractivity contribution in [2.75, 3.05) is 10.5 Å². The maximum atomic E-state index is 12.3. The van der Waals surface area contributed by atoms with E-state index in [2.05, 4.69) is 14.7 Å². The number of sulfonamides is 1. The number of para-hydroxylation sites is 1. The molecule has 3 rings (SSSR count). The molecule has 2 aromatic heterocycles. The zero-order valence-corrected chi connectivity index (χ0v) is 12.1. The summed E-state index contributed by atoms with van der Waals surface area (Å²) in [6.45, 7) is 0. The molecule has 2 heterocycles. The van der Waals surface area contributed by atoms with Gasteiger partial charge in [-0.2, -0.15) is 5.26 Å². The van der Waals surface area contributed by atoms with Gasteiger partial charge in [-0.05, 0) is 6.07 Å². The molecular formula is C12H9N5O2S2. The van der Waals surface area contributed by atoms with E-state index < -0.39 is 10.0 Å². The number of nitrogens with one attached hydrogen (secondary N) is 2. The number of aromatic amines is 1. The van der Waals surface area contributed by atoms with Crippen LogP contribution >= 0.6 is 11.3 Å². The number of hydrogen-bond acceptors (Lipinski definition) is 6. The third kappa shape index (κ3) is 2.31. The lowest BCUT2D eigenvalue weighted by atomic mass is 10.2. The minimum Gasteiger partial charge on any atom is -0.375 e. The summed E-state index contributed by atoms with van der Waals surface area (Å²) in [5.41, 5.74) is 6.82. The zero-order chi connectivity index (χ0) is 15.0. The normalized spacial score (nSPS) is 11.4. The van der Waals surface area contributed by atoms with E-state index in [1.807, 2.05) is 6.07 Å². The number of thiazole rings is 1. The first-order valence-electron chi connectivity index (χ1n) is 5.75. The number of nitrogens with two attached hydrogens (primary N) is 1. The van der Waals surface area contributed by atoms with Gasteiger partial charge in [-0.1, -0.05) is 23.5 Å². The number of fused-ring (bicyclic) bond motifs is 1. The van der Waals surface area contributed by atoms with Crippen LogP contribution < -0.4 is 10.5 Å². The van der Waals surface area contributed by atoms with E-state index in [0.717, 1.165) is 11.3 Å². The molecule has 0 saturated heterocycles. The van der Waals surface area contributed by atoms with E-state index in [-0.39, 0.29) is 9.34 Å². The Morgan fingerprint density at radius 3 is 2.90 bits per heavy atom. The van der Waals surface area contributed by atoms with Gasteiger partial charge in [0.05, 0.1) is 23.0 Å². The fraction of sp³-hybridized carbons (Fsp3) is 0. The van der Waals surface area contributed by atoms with Crippen molar-refractivity contribution < 1.29 is 8.42 Å². The molecule has 0 bridgehead atoms. The van der Waals surface area contributed by atoms with Gasteiger partial charge in [0.15, 0.2) is 9.34 Å². The number of aromatic nitrogens is 2. The van der Waals surface area contributed by atoms with E-state index >= 15 is 0 Å². The summed E-state index contributed by atoms with van der Waals surface area (Å²) in [5.74, 6) is 0. The molecule has 0 saturated carbocycles. The molecule has 106 valence electrons. The molecule has 9 heteroatoms. The highest BCUT2D eigenvalue weighted by Gasteiger charge is 2.19. The molecule has 0 fully saturated rings. The summed E-state index contributed by atoms with van der Waals surface area (Å²) in [5, 5.41) is 9.83. The predicted octanol–water partition coefficient (Wildman–Crippen LogP) is 1.88. The summed E-state index contributed by atoms with van der Waals surface area (Å²) in [7, 11) is -3.76. The number of nitrogen functional groups attached to an aromatic ring is 1. The Morgan fingerprint density at radius 1 is 1.43 bits per heavy atom. The second-order valence-corrected chi connectivity index (χ2v) is 7.14. The second kappa shape index (κ2) is 4.76. The third-order valence-corrected chi connectivity index (χ3v) is 5.50. The van der Waals surface area contributed by atoms with Gasteiger partial charge in [-0.25, -0.2) is 13.4 Å². The molecule has 0 atom stereocenters. The van der Waals surface area contributed by atoms with E-state index in [1.54, 1.807) is 18.2 Å². The Bertz CT molecular complexity index is 965. The first-order valence-corrected chi connectivity index (χ1v) is 8.05. The minimum atomic E-state index is -3.76. The Hall–Kier alpha value is -2.57. The Kier molecular flexibility index (Phi) is 3.04. The fourth-order valence-corrected chi connectivity index (χ4v) is 3.91. The highest BCUT2D eigenvalue weighted by atomic mass is 32.2. The molecule has 0 aliphatic heterocycles. The van der Waals surface area contributed by atoms with Crippen LogP contribution in [0, 0.1) is 11.3 Å². The first-order chi connectivity index (χ1) is 10.0. The van der Waals surface area contributed by atoms with Crippen LogP contribution in [-0.4, -0.2) is 18.4 Å². The van der Waals surface area contributed by atoms with Crippen molar-refractivity contribution in [3.63, 3.8) is 0 Å². The summed E-state index contributed by atoms with van der Waals surface area (Å²) < 4.78 is 27.0. The average Bonchev–Trinajstić information content (AvgIpc) is 3.05. The standard InChI is InChI=1S/C12H9N5O2S2/c13-4-7-5-15-11-8(7)2-1-3-9(11)17-21(18,19)10-6-16-12(14)20-10/h1-3,5-6,15,17H,(H2,14,16). The highest BCUT2D eigenvalue weighted by Crippen LogP contribution is 2.28. The number of nitriles is 1. The highest BCUT2D eigenvalue weighted by molar-refractivity contribution is 7.94. The van der Waals surface area contributed by atoms with Crippen LogP contribution in [0.1, 0.15) is 5.56 Å². The molecule has 0 amide bonds. The molecule has 1 aromatic carbocycles. The number of H-pyrrole nitrogens is 1. The summed E-state index contributed by atoms with van der Waals surface area (Å²) in [6.07, 6.45) is 2.74. The lowest BCUT2D eigenvalue weighted by Crippen LogP contribution is -2.11. The van der Waals surface area contributed by atoms with Crippen molar-refractivity contribution in [3.8, 4) is 6.07 Å². The largest absolute Gasteiger partial charge is 0.375 e. The van der Waals surface area contributed by atoms with Gasteiger partial charge in [0, 0.05) is 11.6 Å². The topological polar surface area (TPSA) is 125 Å². The van der Waals surface area contributed by atoms with Crippen LogP contribution in [0.25, 0.3) is 10.9 Å². The maximum absolute atomic E-state index is 12.3. The Labute approximate surface area is 124 Å². The lowest BCUT2D eigenvalue weighted by molar-refractivity contribution is 0.603. The van der Waals surface area contributed by atoms with Crippen molar-refractivity contribution in [2.24, 2.45) is 0 Å². The number of anilines is 2. The van der Waals surface area contributed by atoms with Gasteiger partial charge < -0.3 is 10.7 Å². The van der Waals surface area contributed by atoms with Gasteiger partial charge in [-0.15, -0.1) is 0 Å². The van der Waals surface area contributed by atoms with Crippen molar-refractivity contribution in [2.45, 2.75) is 4.21 Å². The molecular weight excluding hydrogens is 310 g/mol. The van der Waals surface area contributed by atoms with Crippen LogP contribution in [0.3, 0.4) is 0 Å². The predicted molar refractivity (Wildman–Crippen MR) is 80.3 cm³/mol. The monoisotopic (exact) mass is 319 g/mol. The SMILES string of the molecule is N#Cc1c[nH]c2c(NS(=O)(=O)c3cnc(N)s3)cccc12. The molecule has 7 nitrogen and oxygen atoms in total. The summed E-state index contributed by atoms with van der Waals surface area (Å²) >= 11 is 0.883. The average molecular weight is 319 g/mol. The molecule has 21 heavy (non-hydrogen) atoms. The van der Waals surface area contributed by atoms with Crippen molar-refractivity contribution in [1.82, 2.24) is 9.97 Å². The Morgan fingerprint density at radius 2 is 2.24 bits per heavy atom. The zero-order valence-electron chi connectivity index (χ0n) is 10.5. The van der Waals surface area contributed by atoms with Crippen molar-refractivity contribution in [1.29, 1.82) is 5.26 Å². The van der Waals surface area contributed by atoms with Gasteiger partial charge in [0.25, 0.3) is 10.0 Å². The molecule has 0 unspecified atom stereocenters. The van der Waals surface area contributed by atoms with Gasteiger partial charge in [0.2, 0.25) is 0 Å². The van der Waals surface area contributed by atoms with Crippen LogP contribution in [0.15, 0.2) is 34.8 Å². The number of benzene rings is 1. The fourth-order valence-electron chi connectivity index (χ4n) is 1.92. The number of rotatable bonds is 3. The van der Waals surface area contributed by atoms with E-state index in [0.29, 0.717) is 22.2 Å². The van der Waals surface area contributed by atoms with Crippen LogP contribution in [-0.2, 0) is 10.0 Å². The van der Waals surface area contributed by atoms with Crippen molar-refractivity contribution in [3.05, 3.63) is 36.2 Å². The molecule has 0 radical (unpaired) electrons. The van der Waals surface area contributed by atoms with E-state index in [4.69, 9.17) is 11.0 Å². The lowest BCUT2D eigenvalue weighted by Gasteiger charge is -2.07. The third-order valence-electron chi connectivity index (χ3n) is 2.85. The van der Waals surface area contributed by atoms with Crippen molar-refractivity contribution >= 4 is 43.1 Å². The van der Waals surface area contributed by atoms with Crippen LogP contribution in [0.2, 0.25) is 0 Å². The molecule has 0 spiro atoms. The molecule has 4 N–H and O–H groups in total. The quantitative estimate of drug-likeness (QED) is 0.679. The molecule has 0 aliphatic carbocycles. The summed E-state index contributed by atoms with van der Waals surface area (Å²) in [4.78, 5) is 6.63. The van der Waals surface area contributed by atoms with E-state index in [9.17, 15) is 8.42 Å². The molecule has 0 aliphatic rings. The summed E-state index contributed by atoms with van der Waals surface area (Å²) in [6, 6.07) is 7.07. The molecule has 3 aromatic rings. The number of hydrogen-bond donors (Lipinski definition) is 3. The first kappa shape index (κ1) is 13.4. The second-order valence-electron chi connectivity index (χ2n) is 4.17. The van der Waals surface area contributed by atoms with Gasteiger partial charge in [-0.3, -0.25) is 4.72 Å². The van der Waals surface area contributed by atoms with Gasteiger partial charge in [0.1, 0.15) is 6.07 Å². The van der Waals surface area contributed by atoms with Crippen LogP contribution in [0.4, 0.5) is 10.8 Å². The van der Waals surface area contributed by atoms with Gasteiger partial charge >= 0.3 is 0 Å². The number of nitrogens with zero attached hydrogens (tertiary/aromatic N) is 2. The van der Waals surface area contributed by atoms with E-state index in [1.165, 1.54) is 12.4 Å². The Balaban J connectivity index is 2.06. The van der Waals surface area contributed by atoms with Crippen LogP contribution in [0.5, 0.6) is 0 Å².